The summed E-state index contributed by atoms with van der Waals surface area (Å²) in [5.41, 5.74) is 3.43. The molecular weight excluding hydrogens is 364 g/mol. The molecule has 0 spiro atoms. The number of nitrogens with zero attached hydrogens (tertiary/aromatic N) is 2. The van der Waals surface area contributed by atoms with E-state index in [1.807, 2.05) is 42.3 Å². The predicted octanol–water partition coefficient (Wildman–Crippen LogP) is 3.30. The van der Waals surface area contributed by atoms with Gasteiger partial charge < -0.3 is 15.3 Å². The van der Waals surface area contributed by atoms with Crippen LogP contribution in [0.1, 0.15) is 21.7 Å². The van der Waals surface area contributed by atoms with Crippen LogP contribution in [0.2, 0.25) is 0 Å². The second kappa shape index (κ2) is 8.61. The Labute approximate surface area is 160 Å². The van der Waals surface area contributed by atoms with Gasteiger partial charge in [0.2, 0.25) is 5.91 Å². The second-order valence-electron chi connectivity index (χ2n) is 6.14. The Morgan fingerprint density at radius 1 is 1.26 bits per heavy atom. The highest BCUT2D eigenvalue weighted by atomic mass is 32.1. The number of carboxylic acid groups (broad SMARTS) is 1. The van der Waals surface area contributed by atoms with Crippen molar-refractivity contribution < 1.29 is 14.7 Å². The Morgan fingerprint density at radius 2 is 2.04 bits per heavy atom. The first kappa shape index (κ1) is 18.8. The van der Waals surface area contributed by atoms with E-state index in [4.69, 9.17) is 5.11 Å². The van der Waals surface area contributed by atoms with Gasteiger partial charge in [-0.15, -0.1) is 11.3 Å². The molecule has 1 amide bonds. The van der Waals surface area contributed by atoms with Crippen molar-refractivity contribution in [2.45, 2.75) is 13.0 Å². The molecule has 8 heteroatoms. The van der Waals surface area contributed by atoms with Crippen LogP contribution in [0.3, 0.4) is 0 Å². The topological polar surface area (TPSA) is 98.3 Å². The number of nitrogens with one attached hydrogen (secondary N) is 2. The molecule has 0 fully saturated rings. The Hall–Kier alpha value is -2.97. The van der Waals surface area contributed by atoms with Crippen LogP contribution in [-0.2, 0) is 11.3 Å². The maximum atomic E-state index is 12.1. The molecule has 1 aromatic carbocycles. The van der Waals surface area contributed by atoms with E-state index in [9.17, 15) is 9.59 Å². The maximum absolute atomic E-state index is 12.1. The van der Waals surface area contributed by atoms with Crippen LogP contribution in [0, 0.1) is 0 Å². The molecule has 27 heavy (non-hydrogen) atoms. The van der Waals surface area contributed by atoms with Crippen molar-refractivity contribution in [1.29, 1.82) is 0 Å². The number of anilines is 1. The van der Waals surface area contributed by atoms with Gasteiger partial charge in [0.05, 0.1) is 17.6 Å². The third kappa shape index (κ3) is 4.81. The molecule has 7 nitrogen and oxygen atoms in total. The van der Waals surface area contributed by atoms with Gasteiger partial charge in [-0.05, 0) is 24.1 Å². The van der Waals surface area contributed by atoms with Gasteiger partial charge in [0.25, 0.3) is 0 Å². The molecule has 0 aliphatic rings. The third-order valence-corrected chi connectivity index (χ3v) is 4.98. The number of carbonyl (C=O) groups excluding carboxylic acids is 1. The summed E-state index contributed by atoms with van der Waals surface area (Å²) in [6.45, 7) is 1.19. The maximum Gasteiger partial charge on any atom is 0.348 e. The van der Waals surface area contributed by atoms with Gasteiger partial charge in [0.1, 0.15) is 4.88 Å². The molecule has 3 rings (SSSR count). The summed E-state index contributed by atoms with van der Waals surface area (Å²) in [6, 6.07) is 11.6. The molecule has 0 saturated carbocycles. The van der Waals surface area contributed by atoms with Crippen LogP contribution < -0.4 is 5.32 Å². The monoisotopic (exact) mass is 384 g/mol. The van der Waals surface area contributed by atoms with Crippen LogP contribution >= 0.6 is 11.3 Å². The Kier molecular flexibility index (Phi) is 6.00. The van der Waals surface area contributed by atoms with Crippen LogP contribution in [0.25, 0.3) is 11.3 Å². The fourth-order valence-corrected chi connectivity index (χ4v) is 3.42. The summed E-state index contributed by atoms with van der Waals surface area (Å²) in [6.07, 6.45) is 2.06. The van der Waals surface area contributed by atoms with Gasteiger partial charge in [0, 0.05) is 25.1 Å². The lowest BCUT2D eigenvalue weighted by molar-refractivity contribution is -0.116. The van der Waals surface area contributed by atoms with E-state index in [-0.39, 0.29) is 17.2 Å². The molecule has 0 unspecified atom stereocenters. The summed E-state index contributed by atoms with van der Waals surface area (Å²) in [5.74, 6) is -1.25. The normalized spacial score (nSPS) is 10.9. The number of rotatable bonds is 8. The third-order valence-electron chi connectivity index (χ3n) is 4.07. The number of thiophene rings is 1. The van der Waals surface area contributed by atoms with Crippen LogP contribution in [0.5, 0.6) is 0 Å². The van der Waals surface area contributed by atoms with Crippen molar-refractivity contribution in [1.82, 2.24) is 15.1 Å². The minimum atomic E-state index is -1.04. The average molecular weight is 384 g/mol. The smallest absolute Gasteiger partial charge is 0.348 e. The lowest BCUT2D eigenvalue weighted by atomic mass is 10.1. The quantitative estimate of drug-likeness (QED) is 0.553. The zero-order valence-electron chi connectivity index (χ0n) is 14.8. The number of aromatic nitrogens is 2. The SMILES string of the molecule is CN(CCC(=O)Nc1ccsc1C(=O)O)Cc1cn[nH]c1-c1ccccc1. The van der Waals surface area contributed by atoms with Crippen molar-refractivity contribution >= 4 is 28.9 Å². The number of aromatic carboxylic acids is 1. The minimum Gasteiger partial charge on any atom is -0.477 e. The Bertz CT molecular complexity index is 920. The summed E-state index contributed by atoms with van der Waals surface area (Å²) in [4.78, 5) is 25.4. The van der Waals surface area contributed by atoms with E-state index >= 15 is 0 Å². The number of carbonyl (C=O) groups is 2. The molecular formula is C19H20N4O3S. The van der Waals surface area contributed by atoms with Gasteiger partial charge in [-0.2, -0.15) is 5.10 Å². The van der Waals surface area contributed by atoms with Crippen molar-refractivity contribution in [3.8, 4) is 11.3 Å². The Balaban J connectivity index is 1.54. The molecule has 0 aliphatic carbocycles. The molecule has 3 aromatic rings. The number of benzene rings is 1. The Morgan fingerprint density at radius 3 is 2.78 bits per heavy atom. The largest absolute Gasteiger partial charge is 0.477 e. The predicted molar refractivity (Wildman–Crippen MR) is 105 cm³/mol. The van der Waals surface area contributed by atoms with E-state index in [0.29, 0.717) is 18.8 Å². The lowest BCUT2D eigenvalue weighted by Crippen LogP contribution is -2.24. The summed E-state index contributed by atoms with van der Waals surface area (Å²) < 4.78 is 0. The van der Waals surface area contributed by atoms with E-state index in [2.05, 4.69) is 15.5 Å². The fourth-order valence-electron chi connectivity index (χ4n) is 2.73. The second-order valence-corrected chi connectivity index (χ2v) is 7.06. The average Bonchev–Trinajstić information content (AvgIpc) is 3.30. The molecule has 2 aromatic heterocycles. The zero-order valence-corrected chi connectivity index (χ0v) is 15.6. The standard InChI is InChI=1S/C19H20N4O3S/c1-23(9-7-16(24)21-15-8-10-27-18(15)19(25)26)12-14-11-20-22-17(14)13-5-3-2-4-6-13/h2-6,8,10-11H,7,9,12H2,1H3,(H,20,22)(H,21,24)(H,25,26). The molecule has 3 N–H and O–H groups in total. The molecule has 0 aliphatic heterocycles. The molecule has 0 atom stereocenters. The van der Waals surface area contributed by atoms with Gasteiger partial charge in [-0.1, -0.05) is 30.3 Å². The molecule has 2 heterocycles. The highest BCUT2D eigenvalue weighted by molar-refractivity contribution is 7.12. The molecule has 0 saturated heterocycles. The van der Waals surface area contributed by atoms with Gasteiger partial charge in [-0.25, -0.2) is 4.79 Å². The first-order valence-electron chi connectivity index (χ1n) is 8.41. The van der Waals surface area contributed by atoms with Crippen LogP contribution in [0.15, 0.2) is 48.0 Å². The summed E-state index contributed by atoms with van der Waals surface area (Å²) in [7, 11) is 1.93. The highest BCUT2D eigenvalue weighted by Gasteiger charge is 2.15. The summed E-state index contributed by atoms with van der Waals surface area (Å²) >= 11 is 1.09. The van der Waals surface area contributed by atoms with E-state index < -0.39 is 5.97 Å². The molecule has 0 radical (unpaired) electrons. The van der Waals surface area contributed by atoms with Crippen LogP contribution in [-0.4, -0.2) is 45.7 Å². The number of hydrogen-bond donors (Lipinski definition) is 3. The summed E-state index contributed by atoms with van der Waals surface area (Å²) in [5, 5.41) is 20.6. The molecule has 140 valence electrons. The van der Waals surface area contributed by atoms with Gasteiger partial charge in [0.15, 0.2) is 0 Å². The number of amides is 1. The van der Waals surface area contributed by atoms with E-state index in [1.54, 1.807) is 17.6 Å². The van der Waals surface area contributed by atoms with Gasteiger partial charge in [-0.3, -0.25) is 9.89 Å². The fraction of sp³-hybridized carbons (Fsp3) is 0.211. The van der Waals surface area contributed by atoms with E-state index in [0.717, 1.165) is 28.2 Å². The number of H-pyrrole nitrogens is 1. The first-order valence-corrected chi connectivity index (χ1v) is 9.29. The van der Waals surface area contributed by atoms with Crippen molar-refractivity contribution in [2.75, 3.05) is 18.9 Å². The van der Waals surface area contributed by atoms with Crippen LogP contribution in [0.4, 0.5) is 5.69 Å². The number of hydrogen-bond acceptors (Lipinski definition) is 5. The first-order chi connectivity index (χ1) is 13.0. The van der Waals surface area contributed by atoms with Crippen molar-refractivity contribution in [2.24, 2.45) is 0 Å². The highest BCUT2D eigenvalue weighted by Crippen LogP contribution is 2.23. The van der Waals surface area contributed by atoms with Crippen molar-refractivity contribution in [3.63, 3.8) is 0 Å². The van der Waals surface area contributed by atoms with E-state index in [1.165, 1.54) is 0 Å². The zero-order chi connectivity index (χ0) is 19.2. The van der Waals surface area contributed by atoms with Crippen molar-refractivity contribution in [3.05, 3.63) is 58.4 Å². The number of aromatic amines is 1. The van der Waals surface area contributed by atoms with Gasteiger partial charge >= 0.3 is 5.97 Å². The molecule has 0 bridgehead atoms. The lowest BCUT2D eigenvalue weighted by Gasteiger charge is -2.16. The number of carboxylic acids is 1. The minimum absolute atomic E-state index is 0.141.